The monoisotopic (exact) mass is 449 g/mol. The highest BCUT2D eigenvalue weighted by Crippen LogP contribution is 2.29. The lowest BCUT2D eigenvalue weighted by molar-refractivity contribution is -0.137. The average Bonchev–Trinajstić information content (AvgIpc) is 2.79. The van der Waals surface area contributed by atoms with Crippen molar-refractivity contribution in [3.63, 3.8) is 0 Å². The molecule has 1 heterocycles. The number of aromatic nitrogens is 1. The highest BCUT2D eigenvalue weighted by molar-refractivity contribution is 6.03. The predicted molar refractivity (Wildman–Crippen MR) is 124 cm³/mol. The Bertz CT molecular complexity index is 1270. The summed E-state index contributed by atoms with van der Waals surface area (Å²) in [6.07, 6.45) is -0.912. The van der Waals surface area contributed by atoms with Crippen molar-refractivity contribution in [2.24, 2.45) is 4.99 Å². The largest absolute Gasteiger partial charge is 0.416 e. The van der Waals surface area contributed by atoms with Crippen LogP contribution in [0.3, 0.4) is 0 Å². The number of anilines is 1. The summed E-state index contributed by atoms with van der Waals surface area (Å²) < 4.78 is 38.7. The molecular formula is C26H22F3N3O. The van der Waals surface area contributed by atoms with Gasteiger partial charge in [-0.3, -0.25) is 14.8 Å². The number of hydrogen-bond acceptors (Lipinski definition) is 3. The number of amides is 1. The molecule has 7 heteroatoms. The molecule has 0 aliphatic carbocycles. The number of aliphatic imine (C=N–C) groups is 1. The summed E-state index contributed by atoms with van der Waals surface area (Å²) in [5.41, 5.74) is 3.44. The molecule has 0 saturated heterocycles. The highest BCUT2D eigenvalue weighted by atomic mass is 19.4. The minimum Gasteiger partial charge on any atom is -0.321 e. The van der Waals surface area contributed by atoms with Crippen LogP contribution >= 0.6 is 0 Å². The van der Waals surface area contributed by atoms with E-state index in [0.29, 0.717) is 11.3 Å². The molecule has 0 radical (unpaired) electrons. The van der Waals surface area contributed by atoms with E-state index in [4.69, 9.17) is 0 Å². The Hall–Kier alpha value is -3.92. The summed E-state index contributed by atoms with van der Waals surface area (Å²) in [4.78, 5) is 20.6. The molecule has 1 aromatic heterocycles. The van der Waals surface area contributed by atoms with Gasteiger partial charge in [-0.05, 0) is 67.8 Å². The van der Waals surface area contributed by atoms with Crippen LogP contribution in [0, 0.1) is 25.7 Å². The number of rotatable bonds is 4. The molecule has 0 saturated carbocycles. The zero-order chi connectivity index (χ0) is 24.0. The third-order valence-electron chi connectivity index (χ3n) is 4.78. The van der Waals surface area contributed by atoms with Crippen LogP contribution in [0.5, 0.6) is 0 Å². The lowest BCUT2D eigenvalue weighted by Gasteiger charge is -2.09. The average molecular weight is 449 g/mol. The van der Waals surface area contributed by atoms with Crippen molar-refractivity contribution < 1.29 is 18.0 Å². The van der Waals surface area contributed by atoms with Gasteiger partial charge < -0.3 is 5.32 Å². The number of aryl methyl sites for hydroxylation is 2. The number of hydrogen-bond donors (Lipinski definition) is 1. The van der Waals surface area contributed by atoms with Crippen LogP contribution in [0.2, 0.25) is 0 Å². The number of carbonyl (C=O) groups excluding carboxylic acids is 1. The van der Waals surface area contributed by atoms with Gasteiger partial charge in [-0.2, -0.15) is 13.2 Å². The number of pyridine rings is 1. The highest BCUT2D eigenvalue weighted by Gasteiger charge is 2.31. The van der Waals surface area contributed by atoms with E-state index in [1.807, 2.05) is 45.2 Å². The molecule has 0 bridgehead atoms. The number of carbonyl (C=O) groups is 1. The Morgan fingerprint density at radius 3 is 2.55 bits per heavy atom. The van der Waals surface area contributed by atoms with E-state index in [1.165, 1.54) is 0 Å². The third-order valence-corrected chi connectivity index (χ3v) is 4.78. The van der Waals surface area contributed by atoms with Gasteiger partial charge in [0.2, 0.25) is 0 Å². The fraction of sp³-hybridized carbons (Fsp3) is 0.192. The lowest BCUT2D eigenvalue weighted by Crippen LogP contribution is -2.15. The summed E-state index contributed by atoms with van der Waals surface area (Å²) in [5, 5.41) is 2.59. The van der Waals surface area contributed by atoms with Crippen LogP contribution < -0.4 is 5.32 Å². The second-order valence-electron chi connectivity index (χ2n) is 7.38. The molecule has 2 aromatic carbocycles. The fourth-order valence-electron chi connectivity index (χ4n) is 2.92. The summed E-state index contributed by atoms with van der Waals surface area (Å²) in [7, 11) is 0. The van der Waals surface area contributed by atoms with E-state index in [-0.39, 0.29) is 5.69 Å². The number of benzene rings is 2. The minimum absolute atomic E-state index is 0.321. The summed E-state index contributed by atoms with van der Waals surface area (Å²) in [6, 6.07) is 12.4. The SMILES string of the molecule is CCC=Nc1cc(C#Cc2cc(NC(=O)c3cc(C(F)(F)F)ccn3)ccc2C)ccc1C. The Labute approximate surface area is 190 Å². The van der Waals surface area contributed by atoms with E-state index < -0.39 is 17.6 Å². The molecule has 0 spiro atoms. The van der Waals surface area contributed by atoms with Crippen molar-refractivity contribution in [2.75, 3.05) is 5.32 Å². The van der Waals surface area contributed by atoms with E-state index in [0.717, 1.165) is 47.1 Å². The van der Waals surface area contributed by atoms with Crippen molar-refractivity contribution in [1.82, 2.24) is 4.98 Å². The zero-order valence-corrected chi connectivity index (χ0v) is 18.4. The first-order valence-electron chi connectivity index (χ1n) is 10.3. The first kappa shape index (κ1) is 23.7. The van der Waals surface area contributed by atoms with E-state index in [2.05, 4.69) is 27.1 Å². The maximum Gasteiger partial charge on any atom is 0.416 e. The van der Waals surface area contributed by atoms with Crippen molar-refractivity contribution in [1.29, 1.82) is 0 Å². The smallest absolute Gasteiger partial charge is 0.321 e. The van der Waals surface area contributed by atoms with Gasteiger partial charge in [0.05, 0.1) is 11.3 Å². The van der Waals surface area contributed by atoms with Gasteiger partial charge in [-0.25, -0.2) is 0 Å². The van der Waals surface area contributed by atoms with Crippen molar-refractivity contribution in [3.05, 3.63) is 88.2 Å². The third kappa shape index (κ3) is 6.30. The lowest BCUT2D eigenvalue weighted by atomic mass is 10.1. The van der Waals surface area contributed by atoms with Crippen LogP contribution in [0.15, 0.2) is 59.7 Å². The molecule has 4 nitrogen and oxygen atoms in total. The Morgan fingerprint density at radius 2 is 1.82 bits per heavy atom. The maximum absolute atomic E-state index is 12.9. The molecule has 0 aliphatic rings. The molecule has 33 heavy (non-hydrogen) atoms. The van der Waals surface area contributed by atoms with Crippen LogP contribution in [0.1, 0.15) is 51.7 Å². The maximum atomic E-state index is 12.9. The van der Waals surface area contributed by atoms with Gasteiger partial charge in [0, 0.05) is 29.2 Å². The standard InChI is InChI=1S/C26H22F3N3O/c1-4-12-30-23-14-19(7-5-18(23)3)8-9-20-15-22(10-6-17(20)2)32-25(33)24-16-21(11-13-31-24)26(27,28)29/h5-7,10-16H,4H2,1-3H3,(H,32,33). The second-order valence-corrected chi connectivity index (χ2v) is 7.38. The predicted octanol–water partition coefficient (Wildman–Crippen LogP) is 6.48. The number of nitrogens with one attached hydrogen (secondary N) is 1. The Kier molecular flexibility index (Phi) is 7.29. The summed E-state index contributed by atoms with van der Waals surface area (Å²) >= 11 is 0. The van der Waals surface area contributed by atoms with Crippen molar-refractivity contribution in [3.8, 4) is 11.8 Å². The molecule has 3 aromatic rings. The van der Waals surface area contributed by atoms with Gasteiger partial charge in [-0.1, -0.05) is 30.9 Å². The minimum atomic E-state index is -4.55. The molecule has 168 valence electrons. The molecular weight excluding hydrogens is 427 g/mol. The number of nitrogens with zero attached hydrogens (tertiary/aromatic N) is 2. The van der Waals surface area contributed by atoms with Gasteiger partial charge in [-0.15, -0.1) is 0 Å². The zero-order valence-electron chi connectivity index (χ0n) is 18.4. The normalized spacial score (nSPS) is 11.2. The van der Waals surface area contributed by atoms with E-state index >= 15 is 0 Å². The van der Waals surface area contributed by atoms with E-state index in [1.54, 1.807) is 18.2 Å². The molecule has 0 aliphatic heterocycles. The molecule has 0 fully saturated rings. The Morgan fingerprint density at radius 1 is 1.06 bits per heavy atom. The summed E-state index contributed by atoms with van der Waals surface area (Å²) in [6.45, 7) is 5.88. The van der Waals surface area contributed by atoms with Crippen LogP contribution in [-0.2, 0) is 6.18 Å². The fourth-order valence-corrected chi connectivity index (χ4v) is 2.92. The van der Waals surface area contributed by atoms with Gasteiger partial charge in [0.1, 0.15) is 5.69 Å². The molecule has 1 N–H and O–H groups in total. The molecule has 1 amide bonds. The Balaban J connectivity index is 1.83. The topological polar surface area (TPSA) is 54.4 Å². The van der Waals surface area contributed by atoms with Crippen LogP contribution in [0.4, 0.5) is 24.5 Å². The number of alkyl halides is 3. The van der Waals surface area contributed by atoms with Gasteiger partial charge >= 0.3 is 6.18 Å². The summed E-state index contributed by atoms with van der Waals surface area (Å²) in [5.74, 6) is 5.47. The van der Waals surface area contributed by atoms with Crippen LogP contribution in [0.25, 0.3) is 0 Å². The number of halogens is 3. The van der Waals surface area contributed by atoms with Crippen LogP contribution in [-0.4, -0.2) is 17.1 Å². The molecule has 3 rings (SSSR count). The molecule has 0 unspecified atom stereocenters. The van der Waals surface area contributed by atoms with Crippen molar-refractivity contribution in [2.45, 2.75) is 33.4 Å². The second kappa shape index (κ2) is 10.1. The van der Waals surface area contributed by atoms with Gasteiger partial charge in [0.15, 0.2) is 0 Å². The van der Waals surface area contributed by atoms with Crippen molar-refractivity contribution >= 4 is 23.5 Å². The molecule has 0 atom stereocenters. The van der Waals surface area contributed by atoms with Gasteiger partial charge in [0.25, 0.3) is 5.91 Å². The quantitative estimate of drug-likeness (QED) is 0.366. The first-order chi connectivity index (χ1) is 15.7. The van der Waals surface area contributed by atoms with E-state index in [9.17, 15) is 18.0 Å². The first-order valence-corrected chi connectivity index (χ1v) is 10.3.